The smallest absolute Gasteiger partial charge is 0.325 e. The number of urea groups is 1. The molecule has 21 heavy (non-hydrogen) atoms. The number of amides is 2. The van der Waals surface area contributed by atoms with Crippen molar-refractivity contribution in [1.82, 2.24) is 4.90 Å². The maximum Gasteiger partial charge on any atom is 0.416 e. The molecule has 0 unspecified atom stereocenters. The highest BCUT2D eigenvalue weighted by molar-refractivity contribution is 5.89. The Morgan fingerprint density at radius 3 is 2.52 bits per heavy atom. The van der Waals surface area contributed by atoms with E-state index in [4.69, 9.17) is 0 Å². The summed E-state index contributed by atoms with van der Waals surface area (Å²) in [7, 11) is 1.52. The number of nitrogens with one attached hydrogen (secondary N) is 1. The molecule has 0 aliphatic rings. The van der Waals surface area contributed by atoms with Crippen LogP contribution in [0.4, 0.5) is 28.0 Å². The van der Waals surface area contributed by atoms with Gasteiger partial charge in [-0.25, -0.2) is 9.18 Å². The molecule has 1 aromatic carbocycles. The van der Waals surface area contributed by atoms with Crippen molar-refractivity contribution >= 4 is 11.7 Å². The quantitative estimate of drug-likeness (QED) is 0.816. The summed E-state index contributed by atoms with van der Waals surface area (Å²) in [5.41, 5.74) is -1.49. The number of hydrogen-bond donors (Lipinski definition) is 1. The average Bonchev–Trinajstić information content (AvgIpc) is 2.39. The molecule has 0 aromatic heterocycles. The van der Waals surface area contributed by atoms with E-state index in [2.05, 4.69) is 5.32 Å². The summed E-state index contributed by atoms with van der Waals surface area (Å²) in [5, 5.41) is 2.17. The van der Waals surface area contributed by atoms with E-state index in [9.17, 15) is 22.4 Å². The Labute approximate surface area is 120 Å². The van der Waals surface area contributed by atoms with Gasteiger partial charge in [0, 0.05) is 13.1 Å². The minimum atomic E-state index is -4.59. The van der Waals surface area contributed by atoms with Gasteiger partial charge in [0.05, 0.1) is 11.3 Å². The number of halogens is 4. The first kappa shape index (κ1) is 17.3. The molecule has 0 saturated heterocycles. The summed E-state index contributed by atoms with van der Waals surface area (Å²) in [6, 6.07) is 1.17. The van der Waals surface area contributed by atoms with Gasteiger partial charge in [-0.1, -0.05) is 13.3 Å². The van der Waals surface area contributed by atoms with E-state index in [1.807, 2.05) is 13.8 Å². The first-order valence-corrected chi connectivity index (χ1v) is 6.57. The molecule has 3 nitrogen and oxygen atoms in total. The Morgan fingerprint density at radius 1 is 1.38 bits per heavy atom. The first-order chi connectivity index (χ1) is 9.66. The molecule has 0 fully saturated rings. The third-order valence-electron chi connectivity index (χ3n) is 3.22. The van der Waals surface area contributed by atoms with Crippen LogP contribution in [0, 0.1) is 5.82 Å². The third-order valence-corrected chi connectivity index (χ3v) is 3.22. The lowest BCUT2D eigenvalue weighted by Crippen LogP contribution is -2.38. The maximum absolute atomic E-state index is 13.5. The maximum atomic E-state index is 13.5. The van der Waals surface area contributed by atoms with E-state index in [0.717, 1.165) is 12.8 Å². The second-order valence-corrected chi connectivity index (χ2v) is 4.87. The highest BCUT2D eigenvalue weighted by Gasteiger charge is 2.31. The highest BCUT2D eigenvalue weighted by atomic mass is 19.4. The van der Waals surface area contributed by atoms with Gasteiger partial charge in [0.1, 0.15) is 5.82 Å². The van der Waals surface area contributed by atoms with Crippen molar-refractivity contribution in [2.75, 3.05) is 12.4 Å². The SMILES string of the molecule is CCC[C@H](C)N(C)C(=O)Nc1cc(C(F)(F)F)ccc1F. The lowest BCUT2D eigenvalue weighted by atomic mass is 10.1. The summed E-state index contributed by atoms with van der Waals surface area (Å²) in [4.78, 5) is 13.2. The zero-order valence-corrected chi connectivity index (χ0v) is 12.1. The van der Waals surface area contributed by atoms with Crippen LogP contribution in [0.2, 0.25) is 0 Å². The van der Waals surface area contributed by atoms with Gasteiger partial charge < -0.3 is 10.2 Å². The van der Waals surface area contributed by atoms with Crippen LogP contribution < -0.4 is 5.32 Å². The topological polar surface area (TPSA) is 32.3 Å². The number of carbonyl (C=O) groups excluding carboxylic acids is 1. The number of benzene rings is 1. The van der Waals surface area contributed by atoms with Crippen LogP contribution in [0.1, 0.15) is 32.3 Å². The number of alkyl halides is 3. The van der Waals surface area contributed by atoms with Crippen molar-refractivity contribution in [3.05, 3.63) is 29.6 Å². The summed E-state index contributed by atoms with van der Waals surface area (Å²) in [6.07, 6.45) is -2.99. The van der Waals surface area contributed by atoms with Crippen molar-refractivity contribution in [2.24, 2.45) is 0 Å². The molecule has 0 heterocycles. The second kappa shape index (κ2) is 6.78. The Balaban J connectivity index is 2.89. The summed E-state index contributed by atoms with van der Waals surface area (Å²) in [5.74, 6) is -0.909. The van der Waals surface area contributed by atoms with Crippen LogP contribution in [-0.2, 0) is 6.18 Å². The van der Waals surface area contributed by atoms with Crippen molar-refractivity contribution in [1.29, 1.82) is 0 Å². The van der Waals surface area contributed by atoms with Gasteiger partial charge in [0.25, 0.3) is 0 Å². The van der Waals surface area contributed by atoms with Gasteiger partial charge in [-0.2, -0.15) is 13.2 Å². The van der Waals surface area contributed by atoms with Crippen LogP contribution >= 0.6 is 0 Å². The largest absolute Gasteiger partial charge is 0.416 e. The fraction of sp³-hybridized carbons (Fsp3) is 0.500. The number of hydrogen-bond acceptors (Lipinski definition) is 1. The van der Waals surface area contributed by atoms with E-state index in [0.29, 0.717) is 18.2 Å². The summed E-state index contributed by atoms with van der Waals surface area (Å²) < 4.78 is 51.3. The van der Waals surface area contributed by atoms with E-state index >= 15 is 0 Å². The minimum absolute atomic E-state index is 0.0936. The number of rotatable bonds is 4. The Hall–Kier alpha value is -1.79. The average molecular weight is 306 g/mol. The van der Waals surface area contributed by atoms with Gasteiger partial charge in [0.15, 0.2) is 0 Å². The molecule has 1 aromatic rings. The molecule has 1 N–H and O–H groups in total. The van der Waals surface area contributed by atoms with Gasteiger partial charge in [-0.05, 0) is 31.5 Å². The van der Waals surface area contributed by atoms with E-state index in [1.54, 1.807) is 0 Å². The minimum Gasteiger partial charge on any atom is -0.325 e. The van der Waals surface area contributed by atoms with E-state index < -0.39 is 29.3 Å². The molecule has 0 bridgehead atoms. The van der Waals surface area contributed by atoms with Crippen molar-refractivity contribution in [2.45, 2.75) is 38.9 Å². The zero-order valence-electron chi connectivity index (χ0n) is 12.1. The standard InChI is InChI=1S/C14H18F4N2O/c1-4-5-9(2)20(3)13(21)19-12-8-10(14(16,17)18)6-7-11(12)15/h6-9H,4-5H2,1-3H3,(H,19,21)/t9-/m0/s1. The van der Waals surface area contributed by atoms with Crippen LogP contribution in [0.15, 0.2) is 18.2 Å². The molecule has 0 spiro atoms. The lowest BCUT2D eigenvalue weighted by molar-refractivity contribution is -0.137. The van der Waals surface area contributed by atoms with Gasteiger partial charge in [-0.15, -0.1) is 0 Å². The molecular weight excluding hydrogens is 288 g/mol. The van der Waals surface area contributed by atoms with Crippen molar-refractivity contribution in [3.8, 4) is 0 Å². The lowest BCUT2D eigenvalue weighted by Gasteiger charge is -2.25. The molecule has 1 atom stereocenters. The van der Waals surface area contributed by atoms with Crippen molar-refractivity contribution < 1.29 is 22.4 Å². The third kappa shape index (κ3) is 4.61. The molecule has 1 rings (SSSR count). The van der Waals surface area contributed by atoms with Crippen LogP contribution in [0.5, 0.6) is 0 Å². The normalized spacial score (nSPS) is 12.9. The number of carbonyl (C=O) groups is 1. The molecular formula is C14H18F4N2O. The Bertz CT molecular complexity index is 502. The van der Waals surface area contributed by atoms with E-state index in [-0.39, 0.29) is 6.04 Å². The molecule has 118 valence electrons. The predicted octanol–water partition coefficient (Wildman–Crippen LogP) is 4.50. The molecule has 0 saturated carbocycles. The van der Waals surface area contributed by atoms with Gasteiger partial charge >= 0.3 is 12.2 Å². The van der Waals surface area contributed by atoms with Crippen LogP contribution in [0.3, 0.4) is 0 Å². The molecule has 0 aliphatic heterocycles. The second-order valence-electron chi connectivity index (χ2n) is 4.87. The van der Waals surface area contributed by atoms with Gasteiger partial charge in [0.2, 0.25) is 0 Å². The molecule has 0 radical (unpaired) electrons. The van der Waals surface area contributed by atoms with Crippen molar-refractivity contribution in [3.63, 3.8) is 0 Å². The van der Waals surface area contributed by atoms with E-state index in [1.165, 1.54) is 11.9 Å². The fourth-order valence-electron chi connectivity index (χ4n) is 1.81. The number of anilines is 1. The van der Waals surface area contributed by atoms with Gasteiger partial charge in [-0.3, -0.25) is 0 Å². The summed E-state index contributed by atoms with van der Waals surface area (Å²) >= 11 is 0. The molecule has 7 heteroatoms. The first-order valence-electron chi connectivity index (χ1n) is 6.57. The summed E-state index contributed by atoms with van der Waals surface area (Å²) in [6.45, 7) is 3.76. The monoisotopic (exact) mass is 306 g/mol. The predicted molar refractivity (Wildman–Crippen MR) is 72.6 cm³/mol. The number of nitrogens with zero attached hydrogens (tertiary/aromatic N) is 1. The zero-order chi connectivity index (χ0) is 16.2. The molecule has 2 amide bonds. The molecule has 0 aliphatic carbocycles. The Kier molecular flexibility index (Phi) is 5.57. The highest BCUT2D eigenvalue weighted by Crippen LogP contribution is 2.31. The Morgan fingerprint density at radius 2 is 2.00 bits per heavy atom. The van der Waals surface area contributed by atoms with Crippen LogP contribution in [-0.4, -0.2) is 24.0 Å². The van der Waals surface area contributed by atoms with Crippen LogP contribution in [0.25, 0.3) is 0 Å². The fourth-order valence-corrected chi connectivity index (χ4v) is 1.81.